The van der Waals surface area contributed by atoms with Gasteiger partial charge in [-0.1, -0.05) is 19.1 Å². The highest BCUT2D eigenvalue weighted by Crippen LogP contribution is 2.27. The molecule has 0 bridgehead atoms. The van der Waals surface area contributed by atoms with Gasteiger partial charge in [-0.05, 0) is 50.7 Å². The van der Waals surface area contributed by atoms with E-state index in [0.717, 1.165) is 63.1 Å². The van der Waals surface area contributed by atoms with E-state index in [-0.39, 0.29) is 17.7 Å². The Kier molecular flexibility index (Phi) is 6.42. The number of para-hydroxylation sites is 1. The van der Waals surface area contributed by atoms with E-state index in [1.165, 1.54) is 0 Å². The molecule has 2 saturated heterocycles. The smallest absolute Gasteiger partial charge is 0.255 e. The van der Waals surface area contributed by atoms with Gasteiger partial charge in [-0.3, -0.25) is 4.79 Å². The lowest BCUT2D eigenvalue weighted by Crippen LogP contribution is -2.45. The summed E-state index contributed by atoms with van der Waals surface area (Å²) in [7, 11) is -3.17. The molecule has 2 aliphatic rings. The number of nitrogens with one attached hydrogen (secondary N) is 1. The Morgan fingerprint density at radius 3 is 2.33 bits per heavy atom. The molecule has 2 heterocycles. The Balaban J connectivity index is 1.67. The van der Waals surface area contributed by atoms with Crippen molar-refractivity contribution in [1.82, 2.24) is 9.62 Å². The molecule has 0 saturated carbocycles. The molecule has 27 heavy (non-hydrogen) atoms. The third-order valence-corrected chi connectivity index (χ3v) is 7.22. The fraction of sp³-hybridized carbons (Fsp3) is 0.650. The summed E-state index contributed by atoms with van der Waals surface area (Å²) in [5.74, 6) is 0.917. The number of amides is 1. The first kappa shape index (κ1) is 20.1. The lowest BCUT2D eigenvalue weighted by molar-refractivity contribution is 0.0698. The number of rotatable bonds is 5. The second kappa shape index (κ2) is 8.61. The maximum Gasteiger partial charge on any atom is 0.255 e. The molecule has 1 aromatic carbocycles. The van der Waals surface area contributed by atoms with Crippen molar-refractivity contribution in [3.05, 3.63) is 29.8 Å². The van der Waals surface area contributed by atoms with Gasteiger partial charge in [-0.25, -0.2) is 13.1 Å². The summed E-state index contributed by atoms with van der Waals surface area (Å²) in [4.78, 5) is 17.3. The van der Waals surface area contributed by atoms with Crippen molar-refractivity contribution in [1.29, 1.82) is 0 Å². The van der Waals surface area contributed by atoms with Crippen LogP contribution in [0, 0.1) is 5.92 Å². The molecule has 0 unspecified atom stereocenters. The quantitative estimate of drug-likeness (QED) is 0.834. The van der Waals surface area contributed by atoms with Gasteiger partial charge in [0.05, 0.1) is 11.3 Å². The molecule has 150 valence electrons. The van der Waals surface area contributed by atoms with E-state index in [4.69, 9.17) is 0 Å². The largest absolute Gasteiger partial charge is 0.371 e. The average molecular weight is 394 g/mol. The van der Waals surface area contributed by atoms with Crippen LogP contribution >= 0.6 is 0 Å². The lowest BCUT2D eigenvalue weighted by Gasteiger charge is -2.36. The number of hydrogen-bond acceptors (Lipinski definition) is 4. The van der Waals surface area contributed by atoms with Gasteiger partial charge in [0.2, 0.25) is 10.0 Å². The molecule has 2 aliphatic heterocycles. The maximum atomic E-state index is 13.1. The van der Waals surface area contributed by atoms with Crippen molar-refractivity contribution in [3.63, 3.8) is 0 Å². The number of carbonyl (C=O) groups excluding carboxylic acids is 1. The molecule has 2 fully saturated rings. The van der Waals surface area contributed by atoms with Crippen LogP contribution in [0.25, 0.3) is 0 Å². The number of hydrogen-bond donors (Lipinski definition) is 1. The molecule has 0 aliphatic carbocycles. The zero-order valence-corrected chi connectivity index (χ0v) is 17.2. The first-order valence-electron chi connectivity index (χ1n) is 10.0. The number of likely N-dealkylation sites (tertiary alicyclic amines) is 1. The molecule has 0 spiro atoms. The van der Waals surface area contributed by atoms with Gasteiger partial charge in [0.15, 0.2) is 0 Å². The second-order valence-electron chi connectivity index (χ2n) is 7.77. The highest BCUT2D eigenvalue weighted by atomic mass is 32.2. The minimum Gasteiger partial charge on any atom is -0.371 e. The van der Waals surface area contributed by atoms with Gasteiger partial charge in [-0.15, -0.1) is 0 Å². The van der Waals surface area contributed by atoms with E-state index >= 15 is 0 Å². The van der Waals surface area contributed by atoms with E-state index in [0.29, 0.717) is 5.92 Å². The van der Waals surface area contributed by atoms with Gasteiger partial charge in [0.25, 0.3) is 5.91 Å². The number of nitrogens with zero attached hydrogens (tertiary/aromatic N) is 2. The first-order chi connectivity index (χ1) is 12.9. The predicted molar refractivity (Wildman–Crippen MR) is 109 cm³/mol. The summed E-state index contributed by atoms with van der Waals surface area (Å²) in [6.45, 7) is 7.05. The van der Waals surface area contributed by atoms with Crippen molar-refractivity contribution in [2.24, 2.45) is 5.92 Å². The molecule has 1 N–H and O–H groups in total. The normalized spacial score (nSPS) is 20.1. The van der Waals surface area contributed by atoms with Gasteiger partial charge >= 0.3 is 0 Å². The van der Waals surface area contributed by atoms with Crippen LogP contribution in [0.3, 0.4) is 0 Å². The van der Waals surface area contributed by atoms with Crippen LogP contribution in [-0.2, 0) is 10.0 Å². The van der Waals surface area contributed by atoms with Crippen LogP contribution < -0.4 is 9.62 Å². The Morgan fingerprint density at radius 1 is 1.07 bits per heavy atom. The fourth-order valence-electron chi connectivity index (χ4n) is 3.89. The van der Waals surface area contributed by atoms with Crippen molar-refractivity contribution in [2.75, 3.05) is 36.8 Å². The SMILES string of the molecule is CCS(=O)(=O)NC1CCN(c2ccccc2C(=O)N2CCC(C)CC2)CC1. The van der Waals surface area contributed by atoms with Crippen LogP contribution in [0.5, 0.6) is 0 Å². The van der Waals surface area contributed by atoms with Crippen LogP contribution in [0.1, 0.15) is 49.9 Å². The zero-order chi connectivity index (χ0) is 19.4. The van der Waals surface area contributed by atoms with Crippen molar-refractivity contribution >= 4 is 21.6 Å². The molecule has 0 radical (unpaired) electrons. The minimum absolute atomic E-state index is 0.0161. The summed E-state index contributed by atoms with van der Waals surface area (Å²) in [5.41, 5.74) is 1.73. The standard InChI is InChI=1S/C20H31N3O3S/c1-3-27(25,26)21-17-10-14-22(15-11-17)19-7-5-4-6-18(19)20(24)23-12-8-16(2)9-13-23/h4-7,16-17,21H,3,8-15H2,1-2H3. The Bertz CT molecular complexity index is 749. The Morgan fingerprint density at radius 2 is 1.70 bits per heavy atom. The number of benzene rings is 1. The number of sulfonamides is 1. The van der Waals surface area contributed by atoms with Crippen LogP contribution in [0.2, 0.25) is 0 Å². The van der Waals surface area contributed by atoms with Gasteiger partial charge in [0, 0.05) is 37.9 Å². The van der Waals surface area contributed by atoms with Crippen molar-refractivity contribution in [3.8, 4) is 0 Å². The maximum absolute atomic E-state index is 13.1. The van der Waals surface area contributed by atoms with E-state index in [1.807, 2.05) is 29.2 Å². The molecule has 0 aromatic heterocycles. The summed E-state index contributed by atoms with van der Waals surface area (Å²) < 4.78 is 26.4. The lowest BCUT2D eigenvalue weighted by atomic mass is 9.98. The van der Waals surface area contributed by atoms with Crippen molar-refractivity contribution in [2.45, 2.75) is 45.6 Å². The molecule has 7 heteroatoms. The molecular weight excluding hydrogens is 362 g/mol. The van der Waals surface area contributed by atoms with E-state index in [2.05, 4.69) is 16.5 Å². The first-order valence-corrected chi connectivity index (χ1v) is 11.7. The third-order valence-electron chi connectivity index (χ3n) is 5.77. The third kappa shape index (κ3) is 5.02. The minimum atomic E-state index is -3.17. The van der Waals surface area contributed by atoms with Gasteiger partial charge in [-0.2, -0.15) is 0 Å². The molecular formula is C20H31N3O3S. The highest BCUT2D eigenvalue weighted by molar-refractivity contribution is 7.89. The number of anilines is 1. The summed E-state index contributed by atoms with van der Waals surface area (Å²) in [6, 6.07) is 7.80. The molecule has 0 atom stereocenters. The van der Waals surface area contributed by atoms with E-state index in [9.17, 15) is 13.2 Å². The average Bonchev–Trinajstić information content (AvgIpc) is 2.68. The number of carbonyl (C=O) groups is 1. The Labute approximate surface area is 163 Å². The summed E-state index contributed by atoms with van der Waals surface area (Å²) >= 11 is 0. The molecule has 6 nitrogen and oxygen atoms in total. The van der Waals surface area contributed by atoms with Crippen LogP contribution in [0.4, 0.5) is 5.69 Å². The topological polar surface area (TPSA) is 69.7 Å². The molecule has 3 rings (SSSR count). The van der Waals surface area contributed by atoms with Crippen molar-refractivity contribution < 1.29 is 13.2 Å². The summed E-state index contributed by atoms with van der Waals surface area (Å²) in [5, 5.41) is 0. The predicted octanol–water partition coefficient (Wildman–Crippen LogP) is 2.47. The fourth-order valence-corrected chi connectivity index (χ4v) is 4.80. The Hall–Kier alpha value is -1.60. The van der Waals surface area contributed by atoms with Gasteiger partial charge < -0.3 is 9.80 Å². The highest BCUT2D eigenvalue weighted by Gasteiger charge is 2.27. The summed E-state index contributed by atoms with van der Waals surface area (Å²) in [6.07, 6.45) is 3.64. The van der Waals surface area contributed by atoms with Crippen LogP contribution in [0.15, 0.2) is 24.3 Å². The van der Waals surface area contributed by atoms with Crippen LogP contribution in [-0.4, -0.2) is 57.2 Å². The zero-order valence-electron chi connectivity index (χ0n) is 16.4. The monoisotopic (exact) mass is 393 g/mol. The van der Waals surface area contributed by atoms with E-state index in [1.54, 1.807) is 6.92 Å². The number of piperidine rings is 2. The molecule has 1 amide bonds. The van der Waals surface area contributed by atoms with Gasteiger partial charge in [0.1, 0.15) is 0 Å². The second-order valence-corrected chi connectivity index (χ2v) is 9.82. The molecule has 1 aromatic rings. The van der Waals surface area contributed by atoms with E-state index < -0.39 is 10.0 Å².